The van der Waals surface area contributed by atoms with Crippen molar-refractivity contribution in [2.75, 3.05) is 5.75 Å². The third-order valence-corrected chi connectivity index (χ3v) is 4.75. The molecule has 0 fully saturated rings. The molecule has 0 bridgehead atoms. The summed E-state index contributed by atoms with van der Waals surface area (Å²) in [5.41, 5.74) is 7.12. The molecule has 0 saturated heterocycles. The molecule has 1 heterocycles. The third-order valence-electron chi connectivity index (χ3n) is 2.09. The van der Waals surface area contributed by atoms with Gasteiger partial charge in [0.15, 0.2) is 0 Å². The van der Waals surface area contributed by atoms with E-state index in [1.807, 2.05) is 18.7 Å². The predicted octanol–water partition coefficient (Wildman–Crippen LogP) is 3.37. The SMILES string of the molecule is CCCSCc1nc(CC)c(C(C)N)s1. The molecular formula is C11H20N2S2. The molecule has 4 heteroatoms. The maximum atomic E-state index is 5.92. The Kier molecular flexibility index (Phi) is 5.64. The standard InChI is InChI=1S/C11H20N2S2/c1-4-6-14-7-10-13-9(5-2)11(15-10)8(3)12/h8H,4-7,12H2,1-3H3. The molecule has 15 heavy (non-hydrogen) atoms. The van der Waals surface area contributed by atoms with Crippen LogP contribution in [0.25, 0.3) is 0 Å². The van der Waals surface area contributed by atoms with Crippen LogP contribution in [-0.4, -0.2) is 10.7 Å². The van der Waals surface area contributed by atoms with E-state index >= 15 is 0 Å². The lowest BCUT2D eigenvalue weighted by Crippen LogP contribution is -2.05. The molecular weight excluding hydrogens is 224 g/mol. The highest BCUT2D eigenvalue weighted by molar-refractivity contribution is 7.98. The quantitative estimate of drug-likeness (QED) is 0.780. The molecule has 0 aromatic carbocycles. The van der Waals surface area contributed by atoms with Gasteiger partial charge < -0.3 is 5.73 Å². The van der Waals surface area contributed by atoms with E-state index in [1.54, 1.807) is 11.3 Å². The Bertz CT molecular complexity index is 295. The zero-order valence-electron chi connectivity index (χ0n) is 9.75. The second-order valence-electron chi connectivity index (χ2n) is 3.61. The normalized spacial score (nSPS) is 13.1. The van der Waals surface area contributed by atoms with Gasteiger partial charge in [-0.15, -0.1) is 11.3 Å². The van der Waals surface area contributed by atoms with E-state index in [2.05, 4.69) is 18.8 Å². The zero-order valence-corrected chi connectivity index (χ0v) is 11.4. The van der Waals surface area contributed by atoms with Gasteiger partial charge in [-0.1, -0.05) is 13.8 Å². The number of rotatable bonds is 6. The summed E-state index contributed by atoms with van der Waals surface area (Å²) >= 11 is 3.74. The fourth-order valence-corrected chi connectivity index (χ4v) is 3.45. The van der Waals surface area contributed by atoms with Gasteiger partial charge in [-0.05, 0) is 25.5 Å². The van der Waals surface area contributed by atoms with Gasteiger partial charge in [0.2, 0.25) is 0 Å². The van der Waals surface area contributed by atoms with Gasteiger partial charge in [0.25, 0.3) is 0 Å². The van der Waals surface area contributed by atoms with Crippen molar-refractivity contribution in [3.8, 4) is 0 Å². The smallest absolute Gasteiger partial charge is 0.103 e. The summed E-state index contributed by atoms with van der Waals surface area (Å²) in [5, 5.41) is 1.23. The van der Waals surface area contributed by atoms with Crippen LogP contribution >= 0.6 is 23.1 Å². The van der Waals surface area contributed by atoms with E-state index in [1.165, 1.54) is 27.8 Å². The number of nitrogens with two attached hydrogens (primary N) is 1. The Morgan fingerprint density at radius 3 is 2.67 bits per heavy atom. The van der Waals surface area contributed by atoms with Crippen molar-refractivity contribution in [2.24, 2.45) is 5.73 Å². The van der Waals surface area contributed by atoms with Crippen LogP contribution in [0, 0.1) is 0 Å². The predicted molar refractivity (Wildman–Crippen MR) is 70.5 cm³/mol. The molecule has 1 atom stereocenters. The van der Waals surface area contributed by atoms with E-state index in [4.69, 9.17) is 5.73 Å². The van der Waals surface area contributed by atoms with Crippen LogP contribution in [0.15, 0.2) is 0 Å². The van der Waals surface area contributed by atoms with E-state index in [9.17, 15) is 0 Å². The average Bonchev–Trinajstić information content (AvgIpc) is 2.62. The van der Waals surface area contributed by atoms with E-state index < -0.39 is 0 Å². The summed E-state index contributed by atoms with van der Waals surface area (Å²) < 4.78 is 0. The summed E-state index contributed by atoms with van der Waals surface area (Å²) in [6.07, 6.45) is 2.22. The third kappa shape index (κ3) is 3.78. The van der Waals surface area contributed by atoms with E-state index in [0.29, 0.717) is 0 Å². The Morgan fingerprint density at radius 1 is 1.47 bits per heavy atom. The van der Waals surface area contributed by atoms with Crippen molar-refractivity contribution in [2.45, 2.75) is 45.4 Å². The topological polar surface area (TPSA) is 38.9 Å². The van der Waals surface area contributed by atoms with Crippen LogP contribution in [0.4, 0.5) is 0 Å². The summed E-state index contributed by atoms with van der Waals surface area (Å²) in [5.74, 6) is 2.26. The number of aromatic nitrogens is 1. The molecule has 1 aromatic heterocycles. The van der Waals surface area contributed by atoms with Crippen LogP contribution in [0.3, 0.4) is 0 Å². The van der Waals surface area contributed by atoms with Crippen LogP contribution < -0.4 is 5.73 Å². The Hall–Kier alpha value is -0.0600. The number of thioether (sulfide) groups is 1. The largest absolute Gasteiger partial charge is 0.323 e. The molecule has 2 nitrogen and oxygen atoms in total. The number of hydrogen-bond donors (Lipinski definition) is 1. The van der Waals surface area contributed by atoms with Crippen LogP contribution in [-0.2, 0) is 12.2 Å². The summed E-state index contributed by atoms with van der Waals surface area (Å²) in [6, 6.07) is 0.127. The Balaban J connectivity index is 2.65. The highest BCUT2D eigenvalue weighted by Gasteiger charge is 2.12. The average molecular weight is 244 g/mol. The molecule has 0 saturated carbocycles. The Labute approximate surface area is 101 Å². The minimum absolute atomic E-state index is 0.127. The second kappa shape index (κ2) is 6.51. The molecule has 0 spiro atoms. The summed E-state index contributed by atoms with van der Waals surface area (Å²) in [4.78, 5) is 5.91. The monoisotopic (exact) mass is 244 g/mol. The van der Waals surface area contributed by atoms with Crippen molar-refractivity contribution >= 4 is 23.1 Å². The van der Waals surface area contributed by atoms with Crippen LogP contribution in [0.5, 0.6) is 0 Å². The maximum Gasteiger partial charge on any atom is 0.103 e. The fraction of sp³-hybridized carbons (Fsp3) is 0.727. The van der Waals surface area contributed by atoms with Gasteiger partial charge in [0.1, 0.15) is 5.01 Å². The van der Waals surface area contributed by atoms with E-state index in [-0.39, 0.29) is 6.04 Å². The first-order valence-corrected chi connectivity index (χ1v) is 7.47. The van der Waals surface area contributed by atoms with E-state index in [0.717, 1.165) is 12.2 Å². The molecule has 86 valence electrons. The van der Waals surface area contributed by atoms with Crippen molar-refractivity contribution in [3.05, 3.63) is 15.6 Å². The second-order valence-corrected chi connectivity index (χ2v) is 5.83. The lowest BCUT2D eigenvalue weighted by molar-refractivity contribution is 0.813. The number of thiazole rings is 1. The van der Waals surface area contributed by atoms with Crippen molar-refractivity contribution < 1.29 is 0 Å². The number of aryl methyl sites for hydroxylation is 1. The highest BCUT2D eigenvalue weighted by atomic mass is 32.2. The van der Waals surface area contributed by atoms with Crippen molar-refractivity contribution in [1.29, 1.82) is 0 Å². The summed E-state index contributed by atoms with van der Waals surface area (Å²) in [7, 11) is 0. The molecule has 1 unspecified atom stereocenters. The molecule has 2 N–H and O–H groups in total. The number of nitrogens with zero attached hydrogens (tertiary/aromatic N) is 1. The lowest BCUT2D eigenvalue weighted by Gasteiger charge is -2.01. The molecule has 0 aliphatic carbocycles. The van der Waals surface area contributed by atoms with Crippen LogP contribution in [0.1, 0.15) is 48.8 Å². The first-order chi connectivity index (χ1) is 7.19. The zero-order chi connectivity index (χ0) is 11.3. The fourth-order valence-electron chi connectivity index (χ4n) is 1.39. The maximum absolute atomic E-state index is 5.92. The molecule has 0 aliphatic heterocycles. The highest BCUT2D eigenvalue weighted by Crippen LogP contribution is 2.27. The van der Waals surface area contributed by atoms with Gasteiger partial charge in [-0.2, -0.15) is 11.8 Å². The Morgan fingerprint density at radius 2 is 2.20 bits per heavy atom. The molecule has 0 amide bonds. The minimum Gasteiger partial charge on any atom is -0.323 e. The first kappa shape index (κ1) is 13.0. The van der Waals surface area contributed by atoms with Gasteiger partial charge in [-0.25, -0.2) is 4.98 Å². The van der Waals surface area contributed by atoms with Crippen molar-refractivity contribution in [3.63, 3.8) is 0 Å². The number of hydrogen-bond acceptors (Lipinski definition) is 4. The van der Waals surface area contributed by atoms with Gasteiger partial charge >= 0.3 is 0 Å². The summed E-state index contributed by atoms with van der Waals surface area (Å²) in [6.45, 7) is 6.39. The van der Waals surface area contributed by atoms with Crippen LogP contribution in [0.2, 0.25) is 0 Å². The first-order valence-electron chi connectivity index (χ1n) is 5.50. The van der Waals surface area contributed by atoms with Crippen molar-refractivity contribution in [1.82, 2.24) is 4.98 Å². The minimum atomic E-state index is 0.127. The molecule has 0 aliphatic rings. The molecule has 1 rings (SSSR count). The van der Waals surface area contributed by atoms with Gasteiger partial charge in [0, 0.05) is 16.7 Å². The molecule has 0 radical (unpaired) electrons. The van der Waals surface area contributed by atoms with Gasteiger partial charge in [0.05, 0.1) is 5.69 Å². The molecule has 1 aromatic rings. The van der Waals surface area contributed by atoms with Gasteiger partial charge in [-0.3, -0.25) is 0 Å². The lowest BCUT2D eigenvalue weighted by atomic mass is 10.2.